The Morgan fingerprint density at radius 2 is 1.59 bits per heavy atom. The van der Waals surface area contributed by atoms with E-state index in [4.69, 9.17) is 30.4 Å². The molecule has 25 heteroatoms. The quantitative estimate of drug-likeness (QED) is 0.0308. The van der Waals surface area contributed by atoms with Gasteiger partial charge in [0, 0.05) is 44.2 Å². The Morgan fingerprint density at radius 3 is 2.28 bits per heavy atom. The zero-order valence-corrected chi connectivity index (χ0v) is 36.9. The highest BCUT2D eigenvalue weighted by Gasteiger charge is 2.46. The second-order valence-electron chi connectivity index (χ2n) is 15.3. The molecule has 2 aliphatic heterocycles. The number of imide groups is 2. The Morgan fingerprint density at radius 1 is 0.897 bits per heavy atom. The maximum atomic E-state index is 13.2. The number of carbonyl (C=O) groups excluding carboxylic acids is 7. The fourth-order valence-electron chi connectivity index (χ4n) is 7.01. The number of aromatic nitrogens is 4. The summed E-state index contributed by atoms with van der Waals surface area (Å²) in [6, 6.07) is 8.66. The van der Waals surface area contributed by atoms with E-state index < -0.39 is 66.0 Å². The molecule has 1 saturated heterocycles. The molecule has 68 heavy (non-hydrogen) atoms. The lowest BCUT2D eigenvalue weighted by molar-refractivity contribution is -0.138. The number of hydrogen-bond donors (Lipinski definition) is 7. The van der Waals surface area contributed by atoms with Gasteiger partial charge in [-0.3, -0.25) is 48.6 Å². The molecule has 360 valence electrons. The van der Waals surface area contributed by atoms with E-state index in [0.717, 1.165) is 10.6 Å². The summed E-state index contributed by atoms with van der Waals surface area (Å²) in [5, 5.41) is 19.3. The lowest BCUT2D eigenvalue weighted by atomic mass is 10.0. The number of piperidine rings is 1. The standard InChI is InChI=1S/C43H50N12O13/c1-54(22-25-21-48-37-35(49-25)36(44)52-43(45)53-37)26-7-5-24(6-8-26)38(60)50-28(9-12-33(58)59)39(61)47-14-16-66-18-20-67-19-17-65-15-13-46-32(57)23-68-30-4-2-3-27-34(30)42(64)55(41(27)63)29-10-11-31(56)51-40(29)62/h2-8,21,28-29H,9-20,22-23H2,1H3,(H,46,57)(H,47,61)(H,50,60)(H,58,59)(H,51,56,62)(H4,44,45,48,52,53). The Labute approximate surface area is 387 Å². The number of nitrogens with two attached hydrogens (primary N) is 2. The van der Waals surface area contributed by atoms with Crippen LogP contribution >= 0.6 is 0 Å². The molecule has 2 unspecified atom stereocenters. The number of ether oxygens (including phenoxy) is 4. The zero-order valence-electron chi connectivity index (χ0n) is 36.9. The Kier molecular flexibility index (Phi) is 17.1. The number of benzene rings is 2. The highest BCUT2D eigenvalue weighted by atomic mass is 16.5. The van der Waals surface area contributed by atoms with Crippen molar-refractivity contribution in [3.8, 4) is 5.75 Å². The van der Waals surface area contributed by atoms with E-state index in [2.05, 4.69) is 41.2 Å². The van der Waals surface area contributed by atoms with Gasteiger partial charge < -0.3 is 56.4 Å². The molecule has 25 nitrogen and oxygen atoms in total. The molecule has 4 heterocycles. The smallest absolute Gasteiger partial charge is 0.303 e. The molecule has 6 rings (SSSR count). The minimum absolute atomic E-state index is 0.00247. The summed E-state index contributed by atoms with van der Waals surface area (Å²) in [7, 11) is 1.82. The number of rotatable bonds is 25. The Bertz CT molecular complexity index is 2540. The molecule has 2 aromatic heterocycles. The number of anilines is 3. The number of fused-ring (bicyclic) bond motifs is 2. The molecular formula is C43H50N12O13. The number of nitrogen functional groups attached to an aromatic ring is 2. The minimum atomic E-state index is -1.13. The van der Waals surface area contributed by atoms with Crippen LogP contribution in [0.1, 0.15) is 62.5 Å². The van der Waals surface area contributed by atoms with Crippen LogP contribution in [-0.4, -0.2) is 156 Å². The summed E-state index contributed by atoms with van der Waals surface area (Å²) < 4.78 is 22.0. The van der Waals surface area contributed by atoms with Gasteiger partial charge >= 0.3 is 5.97 Å². The van der Waals surface area contributed by atoms with Crippen LogP contribution in [-0.2, 0) is 44.7 Å². The van der Waals surface area contributed by atoms with Crippen LogP contribution in [0.4, 0.5) is 17.5 Å². The van der Waals surface area contributed by atoms with E-state index in [1.807, 2.05) is 11.9 Å². The molecule has 4 aromatic rings. The van der Waals surface area contributed by atoms with Gasteiger partial charge in [-0.05, 0) is 49.2 Å². The van der Waals surface area contributed by atoms with Gasteiger partial charge in [0.25, 0.3) is 23.6 Å². The number of amides is 7. The van der Waals surface area contributed by atoms with Crippen LogP contribution in [0, 0.1) is 0 Å². The second-order valence-corrected chi connectivity index (χ2v) is 15.3. The molecule has 2 aliphatic rings. The summed E-state index contributed by atoms with van der Waals surface area (Å²) in [5.74, 6) is -5.33. The highest BCUT2D eigenvalue weighted by molar-refractivity contribution is 6.24. The molecule has 0 aliphatic carbocycles. The lowest BCUT2D eigenvalue weighted by Gasteiger charge is -2.27. The molecule has 1 fully saturated rings. The van der Waals surface area contributed by atoms with Gasteiger partial charge in [-0.15, -0.1) is 0 Å². The Hall–Kier alpha value is -7.90. The molecule has 7 amide bonds. The van der Waals surface area contributed by atoms with E-state index in [-0.39, 0.29) is 118 Å². The first-order valence-electron chi connectivity index (χ1n) is 21.3. The fraction of sp³-hybridized carbons (Fsp3) is 0.395. The third kappa shape index (κ3) is 13.1. The van der Waals surface area contributed by atoms with Gasteiger partial charge in [-0.2, -0.15) is 9.97 Å². The van der Waals surface area contributed by atoms with Crippen LogP contribution < -0.4 is 42.4 Å². The van der Waals surface area contributed by atoms with E-state index in [1.165, 1.54) is 18.2 Å². The lowest BCUT2D eigenvalue weighted by Crippen LogP contribution is -2.54. The van der Waals surface area contributed by atoms with Crippen LogP contribution in [0.15, 0.2) is 48.7 Å². The van der Waals surface area contributed by atoms with Gasteiger partial charge in [0.1, 0.15) is 17.8 Å². The van der Waals surface area contributed by atoms with Gasteiger partial charge in [0.05, 0.1) is 69.2 Å². The number of carbonyl (C=O) groups is 8. The largest absolute Gasteiger partial charge is 0.483 e. The molecule has 9 N–H and O–H groups in total. The van der Waals surface area contributed by atoms with Crippen molar-refractivity contribution in [2.24, 2.45) is 0 Å². The van der Waals surface area contributed by atoms with Crippen molar-refractivity contribution in [3.05, 3.63) is 71.0 Å². The van der Waals surface area contributed by atoms with Crippen LogP contribution in [0.3, 0.4) is 0 Å². The first-order valence-corrected chi connectivity index (χ1v) is 21.3. The fourth-order valence-corrected chi connectivity index (χ4v) is 7.01. The third-order valence-electron chi connectivity index (χ3n) is 10.4. The van der Waals surface area contributed by atoms with Crippen molar-refractivity contribution in [2.45, 2.75) is 44.3 Å². The average molecular weight is 943 g/mol. The molecular weight excluding hydrogens is 893 g/mol. The van der Waals surface area contributed by atoms with Crippen molar-refractivity contribution in [1.82, 2.24) is 46.1 Å². The first kappa shape index (κ1) is 49.5. The average Bonchev–Trinajstić information content (AvgIpc) is 3.57. The van der Waals surface area contributed by atoms with E-state index in [1.54, 1.807) is 30.5 Å². The zero-order chi connectivity index (χ0) is 48.7. The molecule has 0 radical (unpaired) electrons. The van der Waals surface area contributed by atoms with Crippen LogP contribution in [0.2, 0.25) is 0 Å². The summed E-state index contributed by atoms with van der Waals surface area (Å²) in [4.78, 5) is 119. The number of carboxylic acids is 1. The number of carboxylic acid groups (broad SMARTS) is 1. The predicted octanol–water partition coefficient (Wildman–Crippen LogP) is -1.05. The van der Waals surface area contributed by atoms with Crippen molar-refractivity contribution >= 4 is 75.9 Å². The number of nitrogens with one attached hydrogen (secondary N) is 4. The number of nitrogens with zero attached hydrogens (tertiary/aromatic N) is 6. The normalized spacial score (nSPS) is 14.8. The molecule has 0 bridgehead atoms. The second kappa shape index (κ2) is 23.5. The van der Waals surface area contributed by atoms with Crippen molar-refractivity contribution in [3.63, 3.8) is 0 Å². The van der Waals surface area contributed by atoms with Gasteiger partial charge in [0.2, 0.25) is 23.7 Å². The Balaban J connectivity index is 0.812. The molecule has 2 atom stereocenters. The van der Waals surface area contributed by atoms with Crippen molar-refractivity contribution in [1.29, 1.82) is 0 Å². The maximum Gasteiger partial charge on any atom is 0.303 e. The molecule has 0 saturated carbocycles. The van der Waals surface area contributed by atoms with E-state index in [0.29, 0.717) is 17.8 Å². The molecule has 2 aromatic carbocycles. The monoisotopic (exact) mass is 942 g/mol. The highest BCUT2D eigenvalue weighted by Crippen LogP contribution is 2.33. The first-order chi connectivity index (χ1) is 32.7. The molecule has 0 spiro atoms. The SMILES string of the molecule is CN(Cc1cnc2nc(N)nc(N)c2n1)c1ccc(C(=O)NC(CCC(=O)O)C(=O)NCCOCCOCCOCCNC(=O)COc2cccc3c2C(=O)N(C2CCC(=O)NC2=O)C3=O)cc1. The third-order valence-corrected chi connectivity index (χ3v) is 10.4. The van der Waals surface area contributed by atoms with Crippen molar-refractivity contribution < 1.29 is 62.4 Å². The summed E-state index contributed by atoms with van der Waals surface area (Å²) >= 11 is 0. The maximum absolute atomic E-state index is 13.2. The summed E-state index contributed by atoms with van der Waals surface area (Å²) in [6.45, 7) is 1.25. The topological polar surface area (TPSA) is 352 Å². The van der Waals surface area contributed by atoms with E-state index in [9.17, 15) is 43.5 Å². The summed E-state index contributed by atoms with van der Waals surface area (Å²) in [6.07, 6.45) is 1.05. The number of hydrogen-bond acceptors (Lipinski definition) is 19. The van der Waals surface area contributed by atoms with E-state index >= 15 is 0 Å². The van der Waals surface area contributed by atoms with Gasteiger partial charge in [0.15, 0.2) is 23.6 Å². The van der Waals surface area contributed by atoms with Crippen LogP contribution in [0.5, 0.6) is 5.75 Å². The van der Waals surface area contributed by atoms with Gasteiger partial charge in [-0.1, -0.05) is 6.07 Å². The summed E-state index contributed by atoms with van der Waals surface area (Å²) in [5.41, 5.74) is 13.7. The predicted molar refractivity (Wildman–Crippen MR) is 238 cm³/mol. The van der Waals surface area contributed by atoms with Crippen molar-refractivity contribution in [2.75, 3.05) is 82.8 Å². The van der Waals surface area contributed by atoms with Crippen LogP contribution in [0.25, 0.3) is 11.2 Å². The van der Waals surface area contributed by atoms with Gasteiger partial charge in [-0.25, -0.2) is 9.97 Å². The minimum Gasteiger partial charge on any atom is -0.483 e. The number of aliphatic carboxylic acids is 1.